The zero-order valence-electron chi connectivity index (χ0n) is 12.5. The third-order valence-corrected chi connectivity index (χ3v) is 4.00. The molecule has 1 aliphatic heterocycles. The summed E-state index contributed by atoms with van der Waals surface area (Å²) >= 11 is 0. The lowest BCUT2D eigenvalue weighted by atomic mass is 10.1. The summed E-state index contributed by atoms with van der Waals surface area (Å²) in [5.41, 5.74) is 4.13. The van der Waals surface area contributed by atoms with Crippen molar-refractivity contribution < 1.29 is 9.53 Å². The molecule has 3 aromatic rings. The highest BCUT2D eigenvalue weighted by molar-refractivity contribution is 5.91. The van der Waals surface area contributed by atoms with Crippen molar-refractivity contribution in [2.24, 2.45) is 0 Å². The van der Waals surface area contributed by atoms with E-state index < -0.39 is 0 Å². The summed E-state index contributed by atoms with van der Waals surface area (Å²) in [6.07, 6.45) is -0.337. The van der Waals surface area contributed by atoms with E-state index in [9.17, 15) is 4.79 Å². The zero-order chi connectivity index (χ0) is 15.6. The van der Waals surface area contributed by atoms with Gasteiger partial charge in [0.2, 0.25) is 0 Å². The van der Waals surface area contributed by atoms with E-state index in [2.05, 4.69) is 12.1 Å². The Morgan fingerprint density at radius 1 is 0.739 bits per heavy atom. The predicted molar refractivity (Wildman–Crippen MR) is 90.5 cm³/mol. The van der Waals surface area contributed by atoms with Crippen molar-refractivity contribution in [1.29, 1.82) is 0 Å². The first-order valence-electron chi connectivity index (χ1n) is 7.54. The molecule has 1 amide bonds. The van der Waals surface area contributed by atoms with Crippen LogP contribution in [0.1, 0.15) is 5.56 Å². The molecule has 0 saturated heterocycles. The Bertz CT molecular complexity index is 841. The minimum absolute atomic E-state index is 0.337. The van der Waals surface area contributed by atoms with Gasteiger partial charge < -0.3 is 4.74 Å². The van der Waals surface area contributed by atoms with Crippen LogP contribution in [0.5, 0.6) is 5.75 Å². The van der Waals surface area contributed by atoms with E-state index in [4.69, 9.17) is 4.74 Å². The average Bonchev–Trinajstić information content (AvgIpc) is 2.62. The Kier molecular flexibility index (Phi) is 3.31. The van der Waals surface area contributed by atoms with E-state index in [0.717, 1.165) is 22.4 Å². The van der Waals surface area contributed by atoms with Gasteiger partial charge in [-0.3, -0.25) is 4.90 Å². The van der Waals surface area contributed by atoms with Gasteiger partial charge in [0, 0.05) is 11.3 Å². The highest BCUT2D eigenvalue weighted by Crippen LogP contribution is 2.30. The van der Waals surface area contributed by atoms with Crippen LogP contribution in [0.15, 0.2) is 78.9 Å². The van der Waals surface area contributed by atoms with Crippen LogP contribution in [-0.2, 0) is 6.54 Å². The van der Waals surface area contributed by atoms with E-state index in [1.165, 1.54) is 0 Å². The molecule has 3 aromatic carbocycles. The predicted octanol–water partition coefficient (Wildman–Crippen LogP) is 4.87. The van der Waals surface area contributed by atoms with E-state index in [1.54, 1.807) is 4.90 Å². The topological polar surface area (TPSA) is 29.5 Å². The largest absolute Gasteiger partial charge is 0.420 e. The fraction of sp³-hybridized carbons (Fsp3) is 0.0500. The number of ether oxygens (including phenoxy) is 1. The Morgan fingerprint density at radius 2 is 1.39 bits per heavy atom. The second kappa shape index (κ2) is 5.61. The molecule has 0 unspecified atom stereocenters. The maximum atomic E-state index is 12.2. The molecule has 23 heavy (non-hydrogen) atoms. The SMILES string of the molecule is O=C1Oc2ccccc2CN1c1ccc(-c2ccccc2)cc1. The molecular weight excluding hydrogens is 286 g/mol. The Morgan fingerprint density at radius 3 is 2.17 bits per heavy atom. The molecule has 0 aliphatic carbocycles. The summed E-state index contributed by atoms with van der Waals surface area (Å²) in [6, 6.07) is 25.8. The van der Waals surface area contributed by atoms with Crippen molar-refractivity contribution in [2.45, 2.75) is 6.54 Å². The van der Waals surface area contributed by atoms with Crippen molar-refractivity contribution in [2.75, 3.05) is 4.90 Å². The molecule has 1 heterocycles. The Hall–Kier alpha value is -3.07. The van der Waals surface area contributed by atoms with Gasteiger partial charge in [-0.05, 0) is 29.3 Å². The van der Waals surface area contributed by atoms with Crippen LogP contribution in [-0.4, -0.2) is 6.09 Å². The highest BCUT2D eigenvalue weighted by atomic mass is 16.6. The lowest BCUT2D eigenvalue weighted by Gasteiger charge is -2.28. The number of nitrogens with zero attached hydrogens (tertiary/aromatic N) is 1. The van der Waals surface area contributed by atoms with Crippen molar-refractivity contribution in [3.8, 4) is 16.9 Å². The number of benzene rings is 3. The van der Waals surface area contributed by atoms with Crippen LogP contribution in [0.3, 0.4) is 0 Å². The first-order valence-corrected chi connectivity index (χ1v) is 7.54. The monoisotopic (exact) mass is 301 g/mol. The van der Waals surface area contributed by atoms with Crippen LogP contribution in [0.25, 0.3) is 11.1 Å². The van der Waals surface area contributed by atoms with Gasteiger partial charge in [-0.25, -0.2) is 4.79 Å². The molecule has 1 aliphatic rings. The maximum absolute atomic E-state index is 12.2. The quantitative estimate of drug-likeness (QED) is 0.675. The summed E-state index contributed by atoms with van der Waals surface area (Å²) in [5, 5.41) is 0. The van der Waals surface area contributed by atoms with Crippen LogP contribution >= 0.6 is 0 Å². The Labute approximate surface area is 134 Å². The van der Waals surface area contributed by atoms with Crippen LogP contribution in [0, 0.1) is 0 Å². The highest BCUT2D eigenvalue weighted by Gasteiger charge is 2.25. The number of carbonyl (C=O) groups excluding carboxylic acids is 1. The molecule has 3 nitrogen and oxygen atoms in total. The second-order valence-electron chi connectivity index (χ2n) is 5.47. The smallest absolute Gasteiger partial charge is 0.410 e. The van der Waals surface area contributed by atoms with E-state index in [1.807, 2.05) is 66.7 Å². The molecule has 0 atom stereocenters. The van der Waals surface area contributed by atoms with Gasteiger partial charge in [0.25, 0.3) is 0 Å². The van der Waals surface area contributed by atoms with E-state index in [-0.39, 0.29) is 6.09 Å². The van der Waals surface area contributed by atoms with Crippen LogP contribution in [0.2, 0.25) is 0 Å². The number of fused-ring (bicyclic) bond motifs is 1. The standard InChI is InChI=1S/C20H15NO2/c22-20-21(14-17-8-4-5-9-19(17)23-20)18-12-10-16(11-13-18)15-6-2-1-3-7-15/h1-13H,14H2. The average molecular weight is 301 g/mol. The molecule has 112 valence electrons. The zero-order valence-corrected chi connectivity index (χ0v) is 12.5. The summed E-state index contributed by atoms with van der Waals surface area (Å²) in [7, 11) is 0. The number of rotatable bonds is 2. The first-order chi connectivity index (χ1) is 11.3. The number of carbonyl (C=O) groups is 1. The van der Waals surface area contributed by atoms with Gasteiger partial charge in [0.05, 0.1) is 6.54 Å². The molecule has 0 fully saturated rings. The van der Waals surface area contributed by atoms with Crippen molar-refractivity contribution >= 4 is 11.8 Å². The Balaban J connectivity index is 1.63. The van der Waals surface area contributed by atoms with Gasteiger partial charge in [-0.2, -0.15) is 0 Å². The fourth-order valence-electron chi connectivity index (χ4n) is 2.78. The third-order valence-electron chi connectivity index (χ3n) is 4.00. The number of hydrogen-bond donors (Lipinski definition) is 0. The summed E-state index contributed by atoms with van der Waals surface area (Å²) < 4.78 is 5.40. The molecule has 0 radical (unpaired) electrons. The minimum Gasteiger partial charge on any atom is -0.410 e. The summed E-state index contributed by atoms with van der Waals surface area (Å²) in [4.78, 5) is 13.9. The van der Waals surface area contributed by atoms with Crippen molar-refractivity contribution in [3.63, 3.8) is 0 Å². The van der Waals surface area contributed by atoms with Crippen LogP contribution in [0.4, 0.5) is 10.5 Å². The lowest BCUT2D eigenvalue weighted by Crippen LogP contribution is -2.36. The summed E-state index contributed by atoms with van der Waals surface area (Å²) in [6.45, 7) is 0.527. The number of anilines is 1. The fourth-order valence-corrected chi connectivity index (χ4v) is 2.78. The minimum atomic E-state index is -0.337. The molecule has 0 N–H and O–H groups in total. The molecule has 0 saturated carbocycles. The van der Waals surface area contributed by atoms with E-state index in [0.29, 0.717) is 12.3 Å². The third kappa shape index (κ3) is 2.57. The lowest BCUT2D eigenvalue weighted by molar-refractivity contribution is 0.203. The second-order valence-corrected chi connectivity index (χ2v) is 5.47. The van der Waals surface area contributed by atoms with Crippen molar-refractivity contribution in [3.05, 3.63) is 84.4 Å². The van der Waals surface area contributed by atoms with Gasteiger partial charge >= 0.3 is 6.09 Å². The first kappa shape index (κ1) is 13.6. The molecule has 0 aromatic heterocycles. The van der Waals surface area contributed by atoms with Gasteiger partial charge in [0.1, 0.15) is 5.75 Å². The molecular formula is C20H15NO2. The van der Waals surface area contributed by atoms with Gasteiger partial charge in [-0.1, -0.05) is 60.7 Å². The number of hydrogen-bond acceptors (Lipinski definition) is 2. The van der Waals surface area contributed by atoms with Gasteiger partial charge in [-0.15, -0.1) is 0 Å². The van der Waals surface area contributed by atoms with Gasteiger partial charge in [0.15, 0.2) is 0 Å². The molecule has 4 rings (SSSR count). The number of para-hydroxylation sites is 1. The van der Waals surface area contributed by atoms with Crippen molar-refractivity contribution in [1.82, 2.24) is 0 Å². The molecule has 0 spiro atoms. The number of amides is 1. The maximum Gasteiger partial charge on any atom is 0.420 e. The molecule has 0 bridgehead atoms. The summed E-state index contributed by atoms with van der Waals surface area (Å²) in [5.74, 6) is 0.648. The van der Waals surface area contributed by atoms with Crippen LogP contribution < -0.4 is 9.64 Å². The van der Waals surface area contributed by atoms with E-state index >= 15 is 0 Å². The molecule has 3 heteroatoms. The normalized spacial score (nSPS) is 13.4.